The molecule has 0 amide bonds. The molecular weight excluding hydrogens is 183 g/mol. The van der Waals surface area contributed by atoms with E-state index < -0.39 is 0 Å². The number of aliphatic hydroxyl groups is 1. The minimum absolute atomic E-state index is 0.0195. The van der Waals surface area contributed by atoms with Crippen molar-refractivity contribution in [2.75, 3.05) is 19.4 Å². The monoisotopic (exact) mass is 202 g/mol. The maximum Gasteiger partial charge on any atom is 0.0773 e. The molecule has 0 bridgehead atoms. The zero-order valence-corrected chi connectivity index (χ0v) is 9.55. The van der Waals surface area contributed by atoms with Crippen LogP contribution in [0.3, 0.4) is 0 Å². The third-order valence-corrected chi connectivity index (χ3v) is 3.52. The topological polar surface area (TPSA) is 29.5 Å². The molecule has 0 spiro atoms. The van der Waals surface area contributed by atoms with E-state index in [4.69, 9.17) is 16.1 Å². The Labute approximate surface area is 82.5 Å². The quantitative estimate of drug-likeness (QED) is 0.527. The first-order valence-electron chi connectivity index (χ1n) is 4.57. The zero-order valence-electron chi connectivity index (χ0n) is 8.66. The highest BCUT2D eigenvalue weighted by Gasteiger charge is 2.18. The Balaban J connectivity index is 4.02. The molecule has 0 saturated heterocycles. The number of aliphatic hydroxyl groups excluding tert-OH is 1. The van der Waals surface area contributed by atoms with Crippen LogP contribution >= 0.6 is 8.15 Å². The van der Waals surface area contributed by atoms with E-state index in [-0.39, 0.29) is 26.8 Å². The van der Waals surface area contributed by atoms with Gasteiger partial charge in [0.25, 0.3) is 0 Å². The number of hydrogen-bond acceptors (Lipinski definition) is 2. The third kappa shape index (κ3) is 5.26. The highest BCUT2D eigenvalue weighted by molar-refractivity contribution is 7.51. The van der Waals surface area contributed by atoms with Crippen LogP contribution in [0.25, 0.3) is 0 Å². The molecule has 0 fully saturated rings. The molecule has 0 aliphatic carbocycles. The molecule has 0 aliphatic heterocycles. The van der Waals surface area contributed by atoms with Crippen LogP contribution in [0.4, 0.5) is 0 Å². The van der Waals surface area contributed by atoms with Crippen molar-refractivity contribution in [1.82, 2.24) is 0 Å². The molecule has 0 aromatic carbocycles. The van der Waals surface area contributed by atoms with Crippen LogP contribution < -0.4 is 0 Å². The van der Waals surface area contributed by atoms with E-state index in [0.29, 0.717) is 6.42 Å². The summed E-state index contributed by atoms with van der Waals surface area (Å²) in [6, 6.07) is 0. The van der Waals surface area contributed by atoms with E-state index in [2.05, 4.69) is 19.5 Å². The first-order chi connectivity index (χ1) is 6.15. The van der Waals surface area contributed by atoms with Gasteiger partial charge in [0.05, 0.1) is 6.10 Å². The Morgan fingerprint density at radius 2 is 2.23 bits per heavy atom. The average molecular weight is 202 g/mol. The number of hydrogen-bond donors (Lipinski definition) is 1. The fourth-order valence-corrected chi connectivity index (χ4v) is 1.78. The largest absolute Gasteiger partial charge is 0.396 e. The molecule has 0 aliphatic rings. The van der Waals surface area contributed by atoms with Crippen molar-refractivity contribution in [1.29, 1.82) is 0 Å². The molecule has 0 aromatic rings. The van der Waals surface area contributed by atoms with Crippen molar-refractivity contribution in [2.24, 2.45) is 5.92 Å². The van der Waals surface area contributed by atoms with Crippen LogP contribution in [-0.2, 0) is 4.52 Å². The van der Waals surface area contributed by atoms with Crippen molar-refractivity contribution >= 4 is 8.15 Å². The number of rotatable bonds is 6. The number of terminal acetylenes is 1. The summed E-state index contributed by atoms with van der Waals surface area (Å²) in [6.07, 6.45) is 6.88. The highest BCUT2D eigenvalue weighted by atomic mass is 31.1. The molecular formula is C10H19O2P. The molecule has 76 valence electrons. The first-order valence-corrected chi connectivity index (χ1v) is 6.47. The van der Waals surface area contributed by atoms with E-state index in [0.717, 1.165) is 6.16 Å². The Morgan fingerprint density at radius 3 is 2.62 bits per heavy atom. The first kappa shape index (κ1) is 12.9. The van der Waals surface area contributed by atoms with Gasteiger partial charge in [-0.2, -0.15) is 0 Å². The standard InChI is InChI=1S/C10H19O2P/c1-5-7-10(9(3)8-11)12-13(4)6-2/h1,9-11H,6-8H2,2-4H3. The summed E-state index contributed by atoms with van der Waals surface area (Å²) in [5.74, 6) is 2.72. The van der Waals surface area contributed by atoms with Gasteiger partial charge in [0.1, 0.15) is 0 Å². The molecule has 13 heavy (non-hydrogen) atoms. The Hall–Kier alpha value is -0.0900. The fraction of sp³-hybridized carbons (Fsp3) is 0.800. The van der Waals surface area contributed by atoms with Crippen LogP contribution in [0.5, 0.6) is 0 Å². The molecule has 2 nitrogen and oxygen atoms in total. The van der Waals surface area contributed by atoms with Crippen LogP contribution in [-0.4, -0.2) is 30.6 Å². The second-order valence-corrected chi connectivity index (χ2v) is 5.26. The molecule has 0 radical (unpaired) electrons. The maximum atomic E-state index is 8.98. The van der Waals surface area contributed by atoms with E-state index >= 15 is 0 Å². The van der Waals surface area contributed by atoms with Crippen LogP contribution in [0, 0.1) is 18.3 Å². The SMILES string of the molecule is C#CCC(OP(C)CC)C(C)CO. The van der Waals surface area contributed by atoms with Gasteiger partial charge >= 0.3 is 0 Å². The fourth-order valence-electron chi connectivity index (χ4n) is 0.882. The summed E-state index contributed by atoms with van der Waals surface area (Å²) < 4.78 is 5.76. The van der Waals surface area contributed by atoms with E-state index in [1.807, 2.05) is 6.92 Å². The smallest absolute Gasteiger partial charge is 0.0773 e. The van der Waals surface area contributed by atoms with Crippen molar-refractivity contribution in [3.63, 3.8) is 0 Å². The Bertz CT molecular complexity index is 165. The van der Waals surface area contributed by atoms with Gasteiger partial charge in [-0.25, -0.2) is 0 Å². The molecule has 1 N–H and O–H groups in total. The van der Waals surface area contributed by atoms with Crippen molar-refractivity contribution < 1.29 is 9.63 Å². The molecule has 3 atom stereocenters. The van der Waals surface area contributed by atoms with Gasteiger partial charge in [0.15, 0.2) is 0 Å². The second kappa shape index (κ2) is 7.33. The summed E-state index contributed by atoms with van der Waals surface area (Å²) in [6.45, 7) is 6.28. The van der Waals surface area contributed by atoms with Gasteiger partial charge in [0.2, 0.25) is 0 Å². The maximum absolute atomic E-state index is 8.98. The molecule has 3 unspecified atom stereocenters. The van der Waals surface area contributed by atoms with Crippen molar-refractivity contribution in [3.05, 3.63) is 0 Å². The molecule has 0 aromatic heterocycles. The Morgan fingerprint density at radius 1 is 1.62 bits per heavy atom. The summed E-state index contributed by atoms with van der Waals surface area (Å²) in [4.78, 5) is 0. The van der Waals surface area contributed by atoms with Gasteiger partial charge in [-0.3, -0.25) is 0 Å². The summed E-state index contributed by atoms with van der Waals surface area (Å²) in [7, 11) is -0.374. The van der Waals surface area contributed by atoms with Gasteiger partial charge < -0.3 is 9.63 Å². The Kier molecular flexibility index (Phi) is 7.28. The predicted molar refractivity (Wildman–Crippen MR) is 58.0 cm³/mol. The summed E-state index contributed by atoms with van der Waals surface area (Å²) >= 11 is 0. The van der Waals surface area contributed by atoms with Crippen LogP contribution in [0.1, 0.15) is 20.3 Å². The normalized spacial score (nSPS) is 17.5. The molecule has 0 rings (SSSR count). The van der Waals surface area contributed by atoms with Gasteiger partial charge in [-0.05, 0) is 12.8 Å². The second-order valence-electron chi connectivity index (χ2n) is 3.16. The van der Waals surface area contributed by atoms with Crippen LogP contribution in [0.15, 0.2) is 0 Å². The summed E-state index contributed by atoms with van der Waals surface area (Å²) in [5, 5.41) is 8.98. The van der Waals surface area contributed by atoms with Crippen molar-refractivity contribution in [2.45, 2.75) is 26.4 Å². The van der Waals surface area contributed by atoms with Crippen LogP contribution in [0.2, 0.25) is 0 Å². The minimum Gasteiger partial charge on any atom is -0.396 e. The molecule has 0 heterocycles. The minimum atomic E-state index is -0.374. The summed E-state index contributed by atoms with van der Waals surface area (Å²) in [5.41, 5.74) is 0. The lowest BCUT2D eigenvalue weighted by molar-refractivity contribution is 0.112. The van der Waals surface area contributed by atoms with Gasteiger partial charge in [-0.1, -0.05) is 13.8 Å². The lowest BCUT2D eigenvalue weighted by Crippen LogP contribution is -2.22. The lowest BCUT2D eigenvalue weighted by atomic mass is 10.0. The zero-order chi connectivity index (χ0) is 10.3. The van der Waals surface area contributed by atoms with E-state index in [9.17, 15) is 0 Å². The predicted octanol–water partition coefficient (Wildman–Crippen LogP) is 2.07. The highest BCUT2D eigenvalue weighted by Crippen LogP contribution is 2.35. The van der Waals surface area contributed by atoms with Gasteiger partial charge in [0, 0.05) is 27.1 Å². The molecule has 0 saturated carbocycles. The van der Waals surface area contributed by atoms with E-state index in [1.54, 1.807) is 0 Å². The lowest BCUT2D eigenvalue weighted by Gasteiger charge is -2.24. The van der Waals surface area contributed by atoms with E-state index in [1.165, 1.54) is 0 Å². The average Bonchev–Trinajstić information content (AvgIpc) is 2.15. The molecule has 3 heteroatoms. The van der Waals surface area contributed by atoms with Crippen molar-refractivity contribution in [3.8, 4) is 12.3 Å². The van der Waals surface area contributed by atoms with Gasteiger partial charge in [-0.15, -0.1) is 12.3 Å². The third-order valence-electron chi connectivity index (χ3n) is 2.00.